The zero-order valence-corrected chi connectivity index (χ0v) is 8.63. The molecule has 0 saturated heterocycles. The molecule has 0 unspecified atom stereocenters. The highest BCUT2D eigenvalue weighted by molar-refractivity contribution is 5.82. The van der Waals surface area contributed by atoms with Gasteiger partial charge in [-0.1, -0.05) is 13.3 Å². The molecular formula is C10H18O3. The Morgan fingerprint density at radius 3 is 2.54 bits per heavy atom. The van der Waals surface area contributed by atoms with E-state index >= 15 is 0 Å². The van der Waals surface area contributed by atoms with Crippen molar-refractivity contribution in [1.82, 2.24) is 0 Å². The SMILES string of the molecule is CCCC/C(=C/C(=O)OCC)OC. The number of carbonyl (C=O) groups excluding carboxylic acids is 1. The number of allylic oxidation sites excluding steroid dienone is 1. The summed E-state index contributed by atoms with van der Waals surface area (Å²) in [6.45, 7) is 4.28. The third kappa shape index (κ3) is 6.20. The summed E-state index contributed by atoms with van der Waals surface area (Å²) in [6.07, 6.45) is 4.33. The first-order valence-corrected chi connectivity index (χ1v) is 4.65. The van der Waals surface area contributed by atoms with E-state index in [2.05, 4.69) is 6.92 Å². The number of unbranched alkanes of at least 4 members (excludes halogenated alkanes) is 1. The molecule has 0 aromatic carbocycles. The fraction of sp³-hybridized carbons (Fsp3) is 0.700. The molecular weight excluding hydrogens is 168 g/mol. The Balaban J connectivity index is 3.96. The third-order valence-corrected chi connectivity index (χ3v) is 1.60. The van der Waals surface area contributed by atoms with E-state index in [0.717, 1.165) is 19.3 Å². The van der Waals surface area contributed by atoms with Gasteiger partial charge in [-0.05, 0) is 13.3 Å². The maximum Gasteiger partial charge on any atom is 0.334 e. The van der Waals surface area contributed by atoms with Crippen LogP contribution in [-0.2, 0) is 14.3 Å². The first-order chi connectivity index (χ1) is 6.24. The highest BCUT2D eigenvalue weighted by atomic mass is 16.5. The lowest BCUT2D eigenvalue weighted by atomic mass is 10.2. The van der Waals surface area contributed by atoms with E-state index in [1.165, 1.54) is 6.08 Å². The lowest BCUT2D eigenvalue weighted by Gasteiger charge is -2.04. The minimum atomic E-state index is -0.324. The van der Waals surface area contributed by atoms with Crippen LogP contribution in [0.5, 0.6) is 0 Å². The molecule has 0 aliphatic carbocycles. The van der Waals surface area contributed by atoms with Crippen molar-refractivity contribution in [3.05, 3.63) is 11.8 Å². The molecule has 0 aromatic rings. The summed E-state index contributed by atoms with van der Waals surface area (Å²) in [5, 5.41) is 0. The smallest absolute Gasteiger partial charge is 0.334 e. The van der Waals surface area contributed by atoms with Crippen molar-refractivity contribution >= 4 is 5.97 Å². The molecule has 0 aliphatic heterocycles. The largest absolute Gasteiger partial charge is 0.501 e. The van der Waals surface area contributed by atoms with E-state index in [0.29, 0.717) is 12.4 Å². The van der Waals surface area contributed by atoms with Crippen LogP contribution in [-0.4, -0.2) is 19.7 Å². The minimum absolute atomic E-state index is 0.324. The normalized spacial score (nSPS) is 11.2. The molecule has 0 fully saturated rings. The Labute approximate surface area is 79.7 Å². The van der Waals surface area contributed by atoms with E-state index in [1.54, 1.807) is 14.0 Å². The van der Waals surface area contributed by atoms with Crippen LogP contribution in [0.1, 0.15) is 33.1 Å². The maximum absolute atomic E-state index is 11.0. The van der Waals surface area contributed by atoms with E-state index in [1.807, 2.05) is 0 Å². The summed E-state index contributed by atoms with van der Waals surface area (Å²) in [5.74, 6) is 0.371. The third-order valence-electron chi connectivity index (χ3n) is 1.60. The summed E-state index contributed by atoms with van der Waals surface area (Å²) in [5.41, 5.74) is 0. The zero-order valence-electron chi connectivity index (χ0n) is 8.63. The fourth-order valence-corrected chi connectivity index (χ4v) is 0.900. The summed E-state index contributed by atoms with van der Waals surface area (Å²) in [4.78, 5) is 11.0. The van der Waals surface area contributed by atoms with Gasteiger partial charge in [0.2, 0.25) is 0 Å². The van der Waals surface area contributed by atoms with E-state index < -0.39 is 0 Å². The van der Waals surface area contributed by atoms with Gasteiger partial charge in [0.05, 0.1) is 19.8 Å². The molecule has 0 atom stereocenters. The highest BCUT2D eigenvalue weighted by Gasteiger charge is 2.01. The van der Waals surface area contributed by atoms with Gasteiger partial charge in [0.1, 0.15) is 5.76 Å². The number of carbonyl (C=O) groups is 1. The average Bonchev–Trinajstić information content (AvgIpc) is 2.12. The van der Waals surface area contributed by atoms with E-state index in [-0.39, 0.29) is 5.97 Å². The van der Waals surface area contributed by atoms with Gasteiger partial charge in [-0.3, -0.25) is 0 Å². The van der Waals surface area contributed by atoms with Gasteiger partial charge in [-0.25, -0.2) is 4.79 Å². The lowest BCUT2D eigenvalue weighted by Crippen LogP contribution is -2.02. The molecule has 0 N–H and O–H groups in total. The predicted molar refractivity (Wildman–Crippen MR) is 51.3 cm³/mol. The van der Waals surface area contributed by atoms with Gasteiger partial charge < -0.3 is 9.47 Å². The van der Waals surface area contributed by atoms with Gasteiger partial charge in [0.25, 0.3) is 0 Å². The molecule has 0 aromatic heterocycles. The number of hydrogen-bond donors (Lipinski definition) is 0. The molecule has 76 valence electrons. The maximum atomic E-state index is 11.0. The molecule has 0 rings (SSSR count). The molecule has 0 aliphatic rings. The van der Waals surface area contributed by atoms with Gasteiger partial charge in [0.15, 0.2) is 0 Å². The van der Waals surface area contributed by atoms with Crippen LogP contribution in [0.15, 0.2) is 11.8 Å². The van der Waals surface area contributed by atoms with Crippen LogP contribution in [0.2, 0.25) is 0 Å². The number of rotatable bonds is 6. The van der Waals surface area contributed by atoms with Crippen molar-refractivity contribution in [2.24, 2.45) is 0 Å². The standard InChI is InChI=1S/C10H18O3/c1-4-6-7-9(12-3)8-10(11)13-5-2/h8H,4-7H2,1-3H3/b9-8-. The monoisotopic (exact) mass is 186 g/mol. The molecule has 13 heavy (non-hydrogen) atoms. The van der Waals surface area contributed by atoms with Crippen LogP contribution in [0.25, 0.3) is 0 Å². The van der Waals surface area contributed by atoms with Crippen LogP contribution in [0.3, 0.4) is 0 Å². The van der Waals surface area contributed by atoms with Crippen LogP contribution in [0, 0.1) is 0 Å². The number of hydrogen-bond acceptors (Lipinski definition) is 3. The van der Waals surface area contributed by atoms with Crippen LogP contribution < -0.4 is 0 Å². The Morgan fingerprint density at radius 2 is 2.08 bits per heavy atom. The minimum Gasteiger partial charge on any atom is -0.501 e. The van der Waals surface area contributed by atoms with E-state index in [9.17, 15) is 4.79 Å². The first-order valence-electron chi connectivity index (χ1n) is 4.65. The molecule has 0 spiro atoms. The molecule has 0 amide bonds. The van der Waals surface area contributed by atoms with E-state index in [4.69, 9.17) is 9.47 Å². The van der Waals surface area contributed by atoms with Crippen LogP contribution >= 0.6 is 0 Å². The van der Waals surface area contributed by atoms with Gasteiger partial charge >= 0.3 is 5.97 Å². The summed E-state index contributed by atoms with van der Waals surface area (Å²) >= 11 is 0. The van der Waals surface area contributed by atoms with Crippen molar-refractivity contribution in [2.45, 2.75) is 33.1 Å². The molecule has 3 heteroatoms. The number of methoxy groups -OCH3 is 1. The Kier molecular flexibility index (Phi) is 7.07. The number of ether oxygens (including phenoxy) is 2. The van der Waals surface area contributed by atoms with Crippen molar-refractivity contribution in [1.29, 1.82) is 0 Å². The Hall–Kier alpha value is -0.990. The van der Waals surface area contributed by atoms with Crippen LogP contribution in [0.4, 0.5) is 0 Å². The second kappa shape index (κ2) is 7.65. The predicted octanol–water partition coefficient (Wildman–Crippen LogP) is 2.27. The van der Waals surface area contributed by atoms with Crippen molar-refractivity contribution in [3.8, 4) is 0 Å². The van der Waals surface area contributed by atoms with Gasteiger partial charge in [-0.2, -0.15) is 0 Å². The highest BCUT2D eigenvalue weighted by Crippen LogP contribution is 2.07. The topological polar surface area (TPSA) is 35.5 Å². The average molecular weight is 186 g/mol. The second-order valence-corrected chi connectivity index (χ2v) is 2.67. The molecule has 0 heterocycles. The Morgan fingerprint density at radius 1 is 1.38 bits per heavy atom. The molecule has 0 saturated carbocycles. The summed E-state index contributed by atoms with van der Waals surface area (Å²) < 4.78 is 9.79. The summed E-state index contributed by atoms with van der Waals surface area (Å²) in [7, 11) is 1.57. The van der Waals surface area contributed by atoms with Crippen molar-refractivity contribution < 1.29 is 14.3 Å². The molecule has 0 bridgehead atoms. The number of esters is 1. The first kappa shape index (κ1) is 12.0. The van der Waals surface area contributed by atoms with Crippen molar-refractivity contribution in [3.63, 3.8) is 0 Å². The molecule has 0 radical (unpaired) electrons. The van der Waals surface area contributed by atoms with Crippen molar-refractivity contribution in [2.75, 3.05) is 13.7 Å². The van der Waals surface area contributed by atoms with Gasteiger partial charge in [-0.15, -0.1) is 0 Å². The lowest BCUT2D eigenvalue weighted by molar-refractivity contribution is -0.137. The fourth-order valence-electron chi connectivity index (χ4n) is 0.900. The Bertz CT molecular complexity index is 173. The second-order valence-electron chi connectivity index (χ2n) is 2.67. The van der Waals surface area contributed by atoms with Gasteiger partial charge in [0, 0.05) is 6.42 Å². The molecule has 3 nitrogen and oxygen atoms in total. The summed E-state index contributed by atoms with van der Waals surface area (Å²) in [6, 6.07) is 0. The zero-order chi connectivity index (χ0) is 10.1. The quantitative estimate of drug-likeness (QED) is 0.362.